The van der Waals surface area contributed by atoms with E-state index in [9.17, 15) is 4.79 Å². The minimum absolute atomic E-state index is 0.310. The Morgan fingerprint density at radius 1 is 1.26 bits per heavy atom. The summed E-state index contributed by atoms with van der Waals surface area (Å²) in [5, 5.41) is 14.3. The summed E-state index contributed by atoms with van der Waals surface area (Å²) in [7, 11) is 0. The highest BCUT2D eigenvalue weighted by molar-refractivity contribution is 5.98. The number of carbonyl (C=O) groups is 1. The Kier molecular flexibility index (Phi) is 3.05. The predicted octanol–water partition coefficient (Wildman–Crippen LogP) is 1.34. The zero-order valence-corrected chi connectivity index (χ0v) is 10.5. The van der Waals surface area contributed by atoms with Crippen molar-refractivity contribution in [3.8, 4) is 0 Å². The summed E-state index contributed by atoms with van der Waals surface area (Å²) < 4.78 is 0. The molecule has 2 heterocycles. The van der Waals surface area contributed by atoms with Crippen LogP contribution in [0.5, 0.6) is 0 Å². The third-order valence-corrected chi connectivity index (χ3v) is 3.41. The van der Waals surface area contributed by atoms with Gasteiger partial charge in [-0.25, -0.2) is 9.78 Å². The molecule has 0 saturated carbocycles. The Hall–Kier alpha value is -2.14. The first kappa shape index (κ1) is 11.9. The molecule has 0 atom stereocenters. The lowest BCUT2D eigenvalue weighted by atomic mass is 10.1. The molecule has 19 heavy (non-hydrogen) atoms. The van der Waals surface area contributed by atoms with Crippen molar-refractivity contribution in [3.05, 3.63) is 36.0 Å². The fraction of sp³-hybridized carbons (Fsp3) is 0.286. The summed E-state index contributed by atoms with van der Waals surface area (Å²) in [5.74, 6) is 0.0402. The van der Waals surface area contributed by atoms with E-state index in [1.807, 2.05) is 12.1 Å². The van der Waals surface area contributed by atoms with Crippen LogP contribution in [-0.2, 0) is 0 Å². The number of benzene rings is 1. The first-order chi connectivity index (χ1) is 9.25. The summed E-state index contributed by atoms with van der Waals surface area (Å²) in [6.07, 6.45) is 1.74. The van der Waals surface area contributed by atoms with E-state index in [0.29, 0.717) is 5.56 Å². The van der Waals surface area contributed by atoms with Gasteiger partial charge >= 0.3 is 5.97 Å². The average Bonchev–Trinajstić information content (AvgIpc) is 2.47. The van der Waals surface area contributed by atoms with Crippen molar-refractivity contribution in [2.45, 2.75) is 0 Å². The van der Waals surface area contributed by atoms with Crippen LogP contribution in [0.15, 0.2) is 30.5 Å². The van der Waals surface area contributed by atoms with Crippen LogP contribution in [0, 0.1) is 0 Å². The molecule has 2 aromatic rings. The van der Waals surface area contributed by atoms with Crippen LogP contribution < -0.4 is 10.2 Å². The minimum Gasteiger partial charge on any atom is -0.478 e. The topological polar surface area (TPSA) is 65.5 Å². The molecule has 1 aromatic carbocycles. The van der Waals surface area contributed by atoms with Crippen molar-refractivity contribution in [1.82, 2.24) is 10.3 Å². The van der Waals surface area contributed by atoms with Gasteiger partial charge in [-0.2, -0.15) is 0 Å². The van der Waals surface area contributed by atoms with E-state index in [1.54, 1.807) is 18.3 Å². The molecule has 1 fully saturated rings. The Bertz CT molecular complexity index is 621. The number of aromatic carboxylic acids is 1. The van der Waals surface area contributed by atoms with E-state index in [-0.39, 0.29) is 0 Å². The number of carboxylic acid groups (broad SMARTS) is 1. The van der Waals surface area contributed by atoms with Gasteiger partial charge in [-0.05, 0) is 29.7 Å². The number of anilines is 1. The van der Waals surface area contributed by atoms with Crippen molar-refractivity contribution in [2.75, 3.05) is 31.1 Å². The molecular weight excluding hydrogens is 242 g/mol. The summed E-state index contributed by atoms with van der Waals surface area (Å²) >= 11 is 0. The monoisotopic (exact) mass is 257 g/mol. The molecule has 5 nitrogen and oxygen atoms in total. The van der Waals surface area contributed by atoms with Crippen LogP contribution in [-0.4, -0.2) is 42.2 Å². The Labute approximate surface area is 110 Å². The van der Waals surface area contributed by atoms with Crippen LogP contribution >= 0.6 is 0 Å². The average molecular weight is 257 g/mol. The third-order valence-electron chi connectivity index (χ3n) is 3.41. The van der Waals surface area contributed by atoms with Crippen LogP contribution in [0.2, 0.25) is 0 Å². The quantitative estimate of drug-likeness (QED) is 0.850. The van der Waals surface area contributed by atoms with Gasteiger partial charge in [0.2, 0.25) is 0 Å². The SMILES string of the molecule is O=C(O)c1ccc2c(N3CCNCC3)nccc2c1. The zero-order chi connectivity index (χ0) is 13.2. The normalized spacial score (nSPS) is 15.7. The Morgan fingerprint density at radius 2 is 2.05 bits per heavy atom. The van der Waals surface area contributed by atoms with Gasteiger partial charge in [-0.1, -0.05) is 0 Å². The fourth-order valence-electron chi connectivity index (χ4n) is 2.42. The standard InChI is InChI=1S/C14H15N3O2/c18-14(19)11-1-2-12-10(9-11)3-4-16-13(12)17-7-5-15-6-8-17/h1-4,9,15H,5-8H2,(H,18,19). The van der Waals surface area contributed by atoms with Crippen molar-refractivity contribution in [3.63, 3.8) is 0 Å². The molecule has 2 N–H and O–H groups in total. The van der Waals surface area contributed by atoms with E-state index >= 15 is 0 Å². The predicted molar refractivity (Wildman–Crippen MR) is 73.8 cm³/mol. The molecule has 0 radical (unpaired) electrons. The highest BCUT2D eigenvalue weighted by Gasteiger charge is 2.15. The third kappa shape index (κ3) is 2.24. The number of nitrogens with zero attached hydrogens (tertiary/aromatic N) is 2. The van der Waals surface area contributed by atoms with Gasteiger partial charge in [0.15, 0.2) is 0 Å². The first-order valence-corrected chi connectivity index (χ1v) is 6.33. The Balaban J connectivity index is 2.07. The second-order valence-electron chi connectivity index (χ2n) is 4.61. The van der Waals surface area contributed by atoms with Crippen LogP contribution in [0.1, 0.15) is 10.4 Å². The molecule has 0 amide bonds. The molecule has 0 unspecified atom stereocenters. The van der Waals surface area contributed by atoms with Crippen LogP contribution in [0.4, 0.5) is 5.82 Å². The van der Waals surface area contributed by atoms with E-state index in [1.165, 1.54) is 0 Å². The molecule has 0 aliphatic carbocycles. The lowest BCUT2D eigenvalue weighted by Gasteiger charge is -2.29. The highest BCUT2D eigenvalue weighted by Crippen LogP contribution is 2.25. The van der Waals surface area contributed by atoms with E-state index in [4.69, 9.17) is 5.11 Å². The molecular formula is C14H15N3O2. The van der Waals surface area contributed by atoms with E-state index in [2.05, 4.69) is 15.2 Å². The second kappa shape index (κ2) is 4.85. The molecule has 5 heteroatoms. The second-order valence-corrected chi connectivity index (χ2v) is 4.61. The maximum Gasteiger partial charge on any atom is 0.335 e. The molecule has 0 bridgehead atoms. The van der Waals surface area contributed by atoms with Crippen LogP contribution in [0.25, 0.3) is 10.8 Å². The van der Waals surface area contributed by atoms with Gasteiger partial charge in [0, 0.05) is 37.8 Å². The fourth-order valence-corrected chi connectivity index (χ4v) is 2.42. The molecule has 1 saturated heterocycles. The minimum atomic E-state index is -0.901. The van der Waals surface area contributed by atoms with E-state index < -0.39 is 5.97 Å². The van der Waals surface area contributed by atoms with E-state index in [0.717, 1.165) is 42.8 Å². The van der Waals surface area contributed by atoms with Crippen molar-refractivity contribution < 1.29 is 9.90 Å². The van der Waals surface area contributed by atoms with Gasteiger partial charge in [0.1, 0.15) is 5.82 Å². The van der Waals surface area contributed by atoms with Gasteiger partial charge in [0.05, 0.1) is 5.56 Å². The zero-order valence-electron chi connectivity index (χ0n) is 10.5. The first-order valence-electron chi connectivity index (χ1n) is 6.33. The van der Waals surface area contributed by atoms with Gasteiger partial charge in [0.25, 0.3) is 0 Å². The number of rotatable bonds is 2. The number of pyridine rings is 1. The summed E-state index contributed by atoms with van der Waals surface area (Å²) in [4.78, 5) is 17.7. The number of hydrogen-bond acceptors (Lipinski definition) is 4. The molecule has 1 aromatic heterocycles. The molecule has 1 aliphatic rings. The number of aromatic nitrogens is 1. The van der Waals surface area contributed by atoms with Crippen molar-refractivity contribution in [2.24, 2.45) is 0 Å². The van der Waals surface area contributed by atoms with Crippen molar-refractivity contribution >= 4 is 22.6 Å². The smallest absolute Gasteiger partial charge is 0.335 e. The summed E-state index contributed by atoms with van der Waals surface area (Å²) in [6.45, 7) is 3.75. The summed E-state index contributed by atoms with van der Waals surface area (Å²) in [5.41, 5.74) is 0.310. The van der Waals surface area contributed by atoms with Gasteiger partial charge in [-0.3, -0.25) is 0 Å². The Morgan fingerprint density at radius 3 is 2.79 bits per heavy atom. The lowest BCUT2D eigenvalue weighted by molar-refractivity contribution is 0.0697. The molecule has 0 spiro atoms. The van der Waals surface area contributed by atoms with Crippen LogP contribution in [0.3, 0.4) is 0 Å². The number of hydrogen-bond donors (Lipinski definition) is 2. The highest BCUT2D eigenvalue weighted by atomic mass is 16.4. The maximum absolute atomic E-state index is 11.0. The lowest BCUT2D eigenvalue weighted by Crippen LogP contribution is -2.43. The molecule has 3 rings (SSSR count). The number of fused-ring (bicyclic) bond motifs is 1. The molecule has 1 aliphatic heterocycles. The summed E-state index contributed by atoms with van der Waals surface area (Å²) in [6, 6.07) is 7.04. The largest absolute Gasteiger partial charge is 0.478 e. The maximum atomic E-state index is 11.0. The van der Waals surface area contributed by atoms with Gasteiger partial charge in [-0.15, -0.1) is 0 Å². The van der Waals surface area contributed by atoms with Gasteiger partial charge < -0.3 is 15.3 Å². The number of nitrogens with one attached hydrogen (secondary N) is 1. The number of carboxylic acids is 1. The number of piperazine rings is 1. The van der Waals surface area contributed by atoms with Crippen molar-refractivity contribution in [1.29, 1.82) is 0 Å². The molecule has 98 valence electrons.